The molecule has 4 N–H and O–H groups in total. The predicted molar refractivity (Wildman–Crippen MR) is 92.1 cm³/mol. The number of nitrogens with one attached hydrogen (secondary N) is 1. The molecule has 7 heteroatoms. The monoisotopic (exact) mass is 372 g/mol. The highest BCUT2D eigenvalue weighted by Gasteiger charge is 2.15. The van der Waals surface area contributed by atoms with Gasteiger partial charge in [0.15, 0.2) is 5.69 Å². The third kappa shape index (κ3) is 2.83. The number of halogens is 1. The van der Waals surface area contributed by atoms with Gasteiger partial charge in [-0.2, -0.15) is 0 Å². The van der Waals surface area contributed by atoms with Crippen LogP contribution >= 0.6 is 15.9 Å². The lowest BCUT2D eigenvalue weighted by atomic mass is 10.1. The molecule has 3 aromatic rings. The summed E-state index contributed by atoms with van der Waals surface area (Å²) >= 11 is 3.47. The number of H-pyrrole nitrogens is 1. The second kappa shape index (κ2) is 5.85. The summed E-state index contributed by atoms with van der Waals surface area (Å²) in [6.45, 7) is 1.92. The Morgan fingerprint density at radius 1 is 1.22 bits per heavy atom. The van der Waals surface area contributed by atoms with E-state index >= 15 is 0 Å². The van der Waals surface area contributed by atoms with Crippen molar-refractivity contribution in [3.05, 3.63) is 52.0 Å². The number of anilines is 1. The molecule has 2 aromatic carbocycles. The molecule has 0 aliphatic heterocycles. The maximum atomic E-state index is 12.0. The molecule has 0 atom stereocenters. The highest BCUT2D eigenvalue weighted by Crippen LogP contribution is 2.41. The Morgan fingerprint density at radius 3 is 2.61 bits per heavy atom. The molecule has 116 valence electrons. The third-order valence-corrected chi connectivity index (χ3v) is 4.47. The topological polar surface area (TPSA) is 104 Å². The quantitative estimate of drug-likeness (QED) is 0.457. The average Bonchev–Trinajstić information content (AvgIpc) is 2.85. The molecule has 1 heterocycles. The van der Waals surface area contributed by atoms with E-state index in [-0.39, 0.29) is 11.6 Å². The number of aromatic nitrogens is 1. The molecule has 0 aliphatic rings. The third-order valence-electron chi connectivity index (χ3n) is 3.45. The molecule has 0 bridgehead atoms. The number of nitrogen functional groups attached to an aromatic ring is 1. The number of nitrogens with two attached hydrogens (primary N) is 1. The summed E-state index contributed by atoms with van der Waals surface area (Å²) < 4.78 is 0.792. The van der Waals surface area contributed by atoms with Crippen LogP contribution in [0, 0.1) is 6.92 Å². The largest absolute Gasteiger partial charge is 0.493 e. The van der Waals surface area contributed by atoms with E-state index in [1.54, 1.807) is 24.3 Å². The number of rotatable bonds is 2. The van der Waals surface area contributed by atoms with Gasteiger partial charge in [0, 0.05) is 21.1 Å². The fourth-order valence-corrected chi connectivity index (χ4v) is 2.73. The lowest BCUT2D eigenvalue weighted by Crippen LogP contribution is -1.94. The Balaban J connectivity index is 2.01. The number of fused-ring (bicyclic) bond motifs is 1. The van der Waals surface area contributed by atoms with E-state index in [4.69, 9.17) is 5.73 Å². The number of amides is 1. The standard InChI is InChI=1S/C16H13BrN4O2/c1-8-2-7-11-12(13(8)17)14(16(23)19-11)20-21-15(22)9-3-5-10(18)6-4-9/h2-7,19,23H,18H2,1H3. The van der Waals surface area contributed by atoms with Gasteiger partial charge >= 0.3 is 0 Å². The van der Waals surface area contributed by atoms with Gasteiger partial charge in [0.2, 0.25) is 5.88 Å². The van der Waals surface area contributed by atoms with Crippen molar-refractivity contribution < 1.29 is 9.90 Å². The van der Waals surface area contributed by atoms with E-state index in [9.17, 15) is 9.90 Å². The zero-order valence-electron chi connectivity index (χ0n) is 12.2. The maximum Gasteiger partial charge on any atom is 0.295 e. The number of aromatic amines is 1. The summed E-state index contributed by atoms with van der Waals surface area (Å²) in [6, 6.07) is 10.1. The zero-order chi connectivity index (χ0) is 16.6. The van der Waals surface area contributed by atoms with Gasteiger partial charge in [-0.05, 0) is 58.7 Å². The second-order valence-electron chi connectivity index (χ2n) is 5.07. The zero-order valence-corrected chi connectivity index (χ0v) is 13.8. The van der Waals surface area contributed by atoms with Gasteiger partial charge in [-0.25, -0.2) is 0 Å². The Morgan fingerprint density at radius 2 is 1.91 bits per heavy atom. The molecule has 23 heavy (non-hydrogen) atoms. The van der Waals surface area contributed by atoms with Gasteiger partial charge in [-0.3, -0.25) is 4.79 Å². The van der Waals surface area contributed by atoms with Crippen LogP contribution in [0.5, 0.6) is 5.88 Å². The minimum atomic E-state index is -0.512. The van der Waals surface area contributed by atoms with Crippen molar-refractivity contribution in [2.24, 2.45) is 10.2 Å². The van der Waals surface area contributed by atoms with Crippen molar-refractivity contribution in [1.29, 1.82) is 0 Å². The van der Waals surface area contributed by atoms with Crippen LogP contribution in [0.1, 0.15) is 15.9 Å². The fraction of sp³-hybridized carbons (Fsp3) is 0.0625. The minimum Gasteiger partial charge on any atom is -0.493 e. The van der Waals surface area contributed by atoms with Gasteiger partial charge in [-0.15, -0.1) is 10.2 Å². The summed E-state index contributed by atoms with van der Waals surface area (Å²) in [5, 5.41) is 18.3. The van der Waals surface area contributed by atoms with E-state index < -0.39 is 5.91 Å². The molecule has 3 rings (SSSR count). The van der Waals surface area contributed by atoms with Crippen LogP contribution in [0.15, 0.2) is 51.1 Å². The number of carbonyl (C=O) groups is 1. The van der Waals surface area contributed by atoms with Crippen LogP contribution < -0.4 is 5.73 Å². The summed E-state index contributed by atoms with van der Waals surface area (Å²) in [4.78, 5) is 14.9. The normalized spacial score (nSPS) is 11.4. The molecule has 6 nitrogen and oxygen atoms in total. The number of carbonyl (C=O) groups excluding carboxylic acids is 1. The summed E-state index contributed by atoms with van der Waals surface area (Å²) in [5.74, 6) is -0.650. The molecule has 0 radical (unpaired) electrons. The molecule has 1 amide bonds. The number of nitrogens with zero attached hydrogens (tertiary/aromatic N) is 2. The van der Waals surface area contributed by atoms with Crippen LogP contribution in [0.3, 0.4) is 0 Å². The minimum absolute atomic E-state index is 0.139. The number of hydrogen-bond acceptors (Lipinski definition) is 4. The van der Waals surface area contributed by atoms with Gasteiger partial charge in [0.05, 0.1) is 5.52 Å². The first kappa shape index (κ1) is 15.2. The van der Waals surface area contributed by atoms with Crippen molar-refractivity contribution in [3.63, 3.8) is 0 Å². The number of hydrogen-bond donors (Lipinski definition) is 3. The van der Waals surface area contributed by atoms with Crippen molar-refractivity contribution in [3.8, 4) is 5.88 Å². The highest BCUT2D eigenvalue weighted by molar-refractivity contribution is 9.10. The average molecular weight is 373 g/mol. The molecule has 0 unspecified atom stereocenters. The molecular weight excluding hydrogens is 360 g/mol. The summed E-state index contributed by atoms with van der Waals surface area (Å²) in [7, 11) is 0. The van der Waals surface area contributed by atoms with E-state index in [0.717, 1.165) is 10.0 Å². The Bertz CT molecular complexity index is 929. The molecule has 0 saturated carbocycles. The SMILES string of the molecule is Cc1ccc2[nH]c(O)c(N=NC(=O)c3ccc(N)cc3)c2c1Br. The Kier molecular flexibility index (Phi) is 3.87. The predicted octanol–water partition coefficient (Wildman–Crippen LogP) is 4.45. The number of aromatic hydroxyl groups is 1. The molecule has 0 saturated heterocycles. The molecule has 0 fully saturated rings. The Labute approximate surface area is 140 Å². The van der Waals surface area contributed by atoms with Crippen LogP contribution in [-0.2, 0) is 0 Å². The summed E-state index contributed by atoms with van der Waals surface area (Å²) in [6.07, 6.45) is 0. The van der Waals surface area contributed by atoms with E-state index in [0.29, 0.717) is 22.2 Å². The van der Waals surface area contributed by atoms with E-state index in [1.807, 2.05) is 19.1 Å². The number of aryl methyl sites for hydroxylation is 1. The van der Waals surface area contributed by atoms with Crippen molar-refractivity contribution in [2.45, 2.75) is 6.92 Å². The Hall–Kier alpha value is -2.67. The second-order valence-corrected chi connectivity index (χ2v) is 5.86. The van der Waals surface area contributed by atoms with Gasteiger partial charge in [-0.1, -0.05) is 6.07 Å². The van der Waals surface area contributed by atoms with Crippen LogP contribution in [0.2, 0.25) is 0 Å². The molecule has 1 aromatic heterocycles. The fourth-order valence-electron chi connectivity index (χ4n) is 2.20. The lowest BCUT2D eigenvalue weighted by Gasteiger charge is -2.00. The first-order valence-corrected chi connectivity index (χ1v) is 7.58. The lowest BCUT2D eigenvalue weighted by molar-refractivity contribution is 0.0995. The number of azo groups is 1. The molecule has 0 aliphatic carbocycles. The van der Waals surface area contributed by atoms with Gasteiger partial charge in [0.25, 0.3) is 5.91 Å². The number of benzene rings is 2. The van der Waals surface area contributed by atoms with E-state index in [1.165, 1.54) is 0 Å². The van der Waals surface area contributed by atoms with Crippen molar-refractivity contribution >= 4 is 44.1 Å². The highest BCUT2D eigenvalue weighted by atomic mass is 79.9. The van der Waals surface area contributed by atoms with Crippen molar-refractivity contribution in [2.75, 3.05) is 5.73 Å². The van der Waals surface area contributed by atoms with Crippen LogP contribution in [-0.4, -0.2) is 16.0 Å². The summed E-state index contributed by atoms with van der Waals surface area (Å²) in [5.41, 5.74) is 8.43. The molecule has 0 spiro atoms. The van der Waals surface area contributed by atoms with Gasteiger partial charge < -0.3 is 15.8 Å². The smallest absolute Gasteiger partial charge is 0.295 e. The van der Waals surface area contributed by atoms with Crippen LogP contribution in [0.4, 0.5) is 11.4 Å². The molecular formula is C16H13BrN4O2. The van der Waals surface area contributed by atoms with E-state index in [2.05, 4.69) is 31.1 Å². The first-order valence-electron chi connectivity index (χ1n) is 6.78. The van der Waals surface area contributed by atoms with Crippen molar-refractivity contribution in [1.82, 2.24) is 4.98 Å². The first-order chi connectivity index (χ1) is 11.0. The maximum absolute atomic E-state index is 12.0. The van der Waals surface area contributed by atoms with Gasteiger partial charge in [0.1, 0.15) is 0 Å². The van der Waals surface area contributed by atoms with Crippen LogP contribution in [0.25, 0.3) is 10.9 Å².